The van der Waals surface area contributed by atoms with Gasteiger partial charge in [-0.3, -0.25) is 4.79 Å². The van der Waals surface area contributed by atoms with Gasteiger partial charge in [0.2, 0.25) is 5.91 Å². The number of rotatable bonds is 5. The second-order valence-electron chi connectivity index (χ2n) is 5.89. The summed E-state index contributed by atoms with van der Waals surface area (Å²) in [5.74, 6) is -1.26. The van der Waals surface area contributed by atoms with Gasteiger partial charge in [0.15, 0.2) is 0 Å². The van der Waals surface area contributed by atoms with Crippen LogP contribution in [0.1, 0.15) is 21.6 Å². The first-order valence-corrected chi connectivity index (χ1v) is 8.15. The molecule has 0 saturated carbocycles. The lowest BCUT2D eigenvalue weighted by atomic mass is 10.1. The van der Waals surface area contributed by atoms with Crippen molar-refractivity contribution in [2.75, 3.05) is 7.05 Å². The molecule has 0 unspecified atom stereocenters. The van der Waals surface area contributed by atoms with E-state index in [-0.39, 0.29) is 18.0 Å². The number of carbonyl (C=O) groups is 2. The number of carboxylic acid groups (broad SMARTS) is 1. The molecule has 0 radical (unpaired) electrons. The molecule has 3 rings (SSSR count). The Morgan fingerprint density at radius 3 is 2.56 bits per heavy atom. The van der Waals surface area contributed by atoms with Crippen LogP contribution < -0.4 is 0 Å². The van der Waals surface area contributed by atoms with E-state index in [1.54, 1.807) is 30.1 Å². The van der Waals surface area contributed by atoms with E-state index in [0.29, 0.717) is 28.0 Å². The van der Waals surface area contributed by atoms with Gasteiger partial charge in [0.25, 0.3) is 0 Å². The van der Waals surface area contributed by atoms with Gasteiger partial charge in [0, 0.05) is 35.1 Å². The number of hydrogen-bond donors (Lipinski definition) is 2. The molecule has 5 nitrogen and oxygen atoms in total. The maximum Gasteiger partial charge on any atom is 0.352 e. The molecule has 0 spiro atoms. The van der Waals surface area contributed by atoms with Crippen molar-refractivity contribution in [3.05, 3.63) is 70.4 Å². The molecule has 0 saturated heterocycles. The van der Waals surface area contributed by atoms with E-state index in [9.17, 15) is 14.7 Å². The summed E-state index contributed by atoms with van der Waals surface area (Å²) in [6, 6.07) is 14.7. The summed E-state index contributed by atoms with van der Waals surface area (Å²) in [6.07, 6.45) is -0.00862. The third-order valence-corrected chi connectivity index (χ3v) is 4.33. The number of halogens is 1. The van der Waals surface area contributed by atoms with E-state index in [4.69, 9.17) is 11.6 Å². The van der Waals surface area contributed by atoms with Crippen LogP contribution in [0.2, 0.25) is 5.02 Å². The summed E-state index contributed by atoms with van der Waals surface area (Å²) >= 11 is 6.03. The van der Waals surface area contributed by atoms with Gasteiger partial charge in [-0.2, -0.15) is 0 Å². The first-order valence-electron chi connectivity index (χ1n) is 7.77. The Balaban J connectivity index is 1.88. The Morgan fingerprint density at radius 2 is 1.88 bits per heavy atom. The molecule has 0 atom stereocenters. The number of aromatic nitrogens is 1. The lowest BCUT2D eigenvalue weighted by molar-refractivity contribution is -0.129. The Kier molecular flexibility index (Phi) is 4.76. The molecule has 1 aromatic heterocycles. The lowest BCUT2D eigenvalue weighted by Gasteiger charge is -2.17. The van der Waals surface area contributed by atoms with E-state index < -0.39 is 5.97 Å². The van der Waals surface area contributed by atoms with Gasteiger partial charge < -0.3 is 15.0 Å². The van der Waals surface area contributed by atoms with Gasteiger partial charge in [0.1, 0.15) is 5.69 Å². The SMILES string of the molecule is CN(Cc1ccccc1)C(=O)Cc1c(C(=O)O)[nH]c2ccc(Cl)cc12. The van der Waals surface area contributed by atoms with E-state index in [0.717, 1.165) is 5.56 Å². The van der Waals surface area contributed by atoms with Gasteiger partial charge in [-0.1, -0.05) is 41.9 Å². The number of nitrogens with one attached hydrogen (secondary N) is 1. The van der Waals surface area contributed by atoms with Crippen molar-refractivity contribution in [2.45, 2.75) is 13.0 Å². The number of aromatic amines is 1. The summed E-state index contributed by atoms with van der Waals surface area (Å²) in [5.41, 5.74) is 2.14. The molecule has 0 bridgehead atoms. The number of fused-ring (bicyclic) bond motifs is 1. The van der Waals surface area contributed by atoms with Gasteiger partial charge in [-0.05, 0) is 23.8 Å². The van der Waals surface area contributed by atoms with Crippen LogP contribution in [-0.4, -0.2) is 33.9 Å². The van der Waals surface area contributed by atoms with Crippen LogP contribution >= 0.6 is 11.6 Å². The van der Waals surface area contributed by atoms with Crippen LogP contribution in [0.15, 0.2) is 48.5 Å². The summed E-state index contributed by atoms with van der Waals surface area (Å²) in [5, 5.41) is 10.6. The maximum atomic E-state index is 12.6. The number of benzene rings is 2. The van der Waals surface area contributed by atoms with Gasteiger partial charge in [0.05, 0.1) is 6.42 Å². The summed E-state index contributed by atoms with van der Waals surface area (Å²) < 4.78 is 0. The average molecular weight is 357 g/mol. The van der Waals surface area contributed by atoms with Crippen molar-refractivity contribution in [2.24, 2.45) is 0 Å². The fourth-order valence-electron chi connectivity index (χ4n) is 2.82. The molecule has 0 aliphatic heterocycles. The molecular weight excluding hydrogens is 340 g/mol. The third kappa shape index (κ3) is 3.67. The van der Waals surface area contributed by atoms with Crippen molar-refractivity contribution in [1.29, 1.82) is 0 Å². The molecule has 2 N–H and O–H groups in total. The topological polar surface area (TPSA) is 73.4 Å². The Morgan fingerprint density at radius 1 is 1.16 bits per heavy atom. The predicted octanol–water partition coefficient (Wildman–Crippen LogP) is 3.72. The number of aromatic carboxylic acids is 1. The quantitative estimate of drug-likeness (QED) is 0.731. The fraction of sp³-hybridized carbons (Fsp3) is 0.158. The lowest BCUT2D eigenvalue weighted by Crippen LogP contribution is -2.28. The maximum absolute atomic E-state index is 12.6. The minimum absolute atomic E-state index is 0.00862. The average Bonchev–Trinajstić information content (AvgIpc) is 2.94. The van der Waals surface area contributed by atoms with Crippen LogP contribution in [0.3, 0.4) is 0 Å². The smallest absolute Gasteiger partial charge is 0.352 e. The monoisotopic (exact) mass is 356 g/mol. The highest BCUT2D eigenvalue weighted by atomic mass is 35.5. The molecular formula is C19H17ClN2O3. The second kappa shape index (κ2) is 6.99. The molecule has 3 aromatic rings. The first-order chi connectivity index (χ1) is 12.0. The Hall–Kier alpha value is -2.79. The number of hydrogen-bond acceptors (Lipinski definition) is 2. The summed E-state index contributed by atoms with van der Waals surface area (Å²) in [7, 11) is 1.71. The molecule has 0 aliphatic rings. The fourth-order valence-corrected chi connectivity index (χ4v) is 2.99. The summed E-state index contributed by atoms with van der Waals surface area (Å²) in [4.78, 5) is 28.6. The Bertz CT molecular complexity index is 934. The number of nitrogens with zero attached hydrogens (tertiary/aromatic N) is 1. The number of amides is 1. The van der Waals surface area contributed by atoms with Gasteiger partial charge >= 0.3 is 5.97 Å². The Labute approximate surface area is 149 Å². The van der Waals surface area contributed by atoms with E-state index in [2.05, 4.69) is 4.98 Å². The third-order valence-electron chi connectivity index (χ3n) is 4.10. The van der Waals surface area contributed by atoms with Crippen LogP contribution in [0.25, 0.3) is 10.9 Å². The van der Waals surface area contributed by atoms with Crippen molar-refractivity contribution in [3.8, 4) is 0 Å². The highest BCUT2D eigenvalue weighted by Crippen LogP contribution is 2.26. The minimum atomic E-state index is -1.10. The van der Waals surface area contributed by atoms with Crippen molar-refractivity contribution < 1.29 is 14.7 Å². The molecule has 0 aliphatic carbocycles. The van der Waals surface area contributed by atoms with E-state index >= 15 is 0 Å². The van der Waals surface area contributed by atoms with E-state index in [1.807, 2.05) is 30.3 Å². The standard InChI is InChI=1S/C19H17ClN2O3/c1-22(11-12-5-3-2-4-6-12)17(23)10-15-14-9-13(20)7-8-16(14)21-18(15)19(24)25/h2-9,21H,10-11H2,1H3,(H,24,25). The van der Waals surface area contributed by atoms with Crippen molar-refractivity contribution in [3.63, 3.8) is 0 Å². The zero-order chi connectivity index (χ0) is 18.0. The highest BCUT2D eigenvalue weighted by Gasteiger charge is 2.21. The first kappa shape index (κ1) is 17.0. The highest BCUT2D eigenvalue weighted by molar-refractivity contribution is 6.31. The largest absolute Gasteiger partial charge is 0.477 e. The minimum Gasteiger partial charge on any atom is -0.477 e. The second-order valence-corrected chi connectivity index (χ2v) is 6.32. The number of carboxylic acids is 1. The molecule has 25 heavy (non-hydrogen) atoms. The zero-order valence-corrected chi connectivity index (χ0v) is 14.4. The number of carbonyl (C=O) groups excluding carboxylic acids is 1. The van der Waals surface area contributed by atoms with Crippen LogP contribution in [0.4, 0.5) is 0 Å². The predicted molar refractivity (Wildman–Crippen MR) is 96.9 cm³/mol. The van der Waals surface area contributed by atoms with Gasteiger partial charge in [-0.25, -0.2) is 4.79 Å². The van der Waals surface area contributed by atoms with Crippen molar-refractivity contribution >= 4 is 34.4 Å². The molecule has 1 amide bonds. The number of H-pyrrole nitrogens is 1. The molecule has 0 fully saturated rings. The van der Waals surface area contributed by atoms with Crippen LogP contribution in [-0.2, 0) is 17.8 Å². The normalized spacial score (nSPS) is 10.8. The van der Waals surface area contributed by atoms with Crippen LogP contribution in [0, 0.1) is 0 Å². The summed E-state index contributed by atoms with van der Waals surface area (Å²) in [6.45, 7) is 0.463. The van der Waals surface area contributed by atoms with Crippen LogP contribution in [0.5, 0.6) is 0 Å². The van der Waals surface area contributed by atoms with Crippen molar-refractivity contribution in [1.82, 2.24) is 9.88 Å². The van der Waals surface area contributed by atoms with Gasteiger partial charge in [-0.15, -0.1) is 0 Å². The zero-order valence-electron chi connectivity index (χ0n) is 13.6. The molecule has 128 valence electrons. The molecule has 6 heteroatoms. The molecule has 1 heterocycles. The van der Waals surface area contributed by atoms with E-state index in [1.165, 1.54) is 0 Å². The number of likely N-dealkylation sites (N-methyl/N-ethyl adjacent to an activating group) is 1. The molecule has 2 aromatic carbocycles.